The largest absolute Gasteiger partial charge is 0.480 e. The van der Waals surface area contributed by atoms with Gasteiger partial charge in [-0.2, -0.15) is 0 Å². The maximum absolute atomic E-state index is 13.4. The zero-order valence-electron chi connectivity index (χ0n) is 14.1. The van der Waals surface area contributed by atoms with Crippen molar-refractivity contribution in [1.29, 1.82) is 0 Å². The van der Waals surface area contributed by atoms with E-state index >= 15 is 0 Å². The molecule has 3 aromatic rings. The van der Waals surface area contributed by atoms with Crippen LogP contribution in [0.3, 0.4) is 0 Å². The van der Waals surface area contributed by atoms with Gasteiger partial charge < -0.3 is 10.4 Å². The van der Waals surface area contributed by atoms with Gasteiger partial charge in [0.2, 0.25) is 5.91 Å². The van der Waals surface area contributed by atoms with E-state index in [2.05, 4.69) is 5.32 Å². The predicted molar refractivity (Wildman–Crippen MR) is 99.9 cm³/mol. The first-order valence-corrected chi connectivity index (χ1v) is 8.32. The summed E-state index contributed by atoms with van der Waals surface area (Å²) < 4.78 is 0. The number of aliphatic carboxylic acids is 1. The second-order valence-electron chi connectivity index (χ2n) is 5.92. The lowest BCUT2D eigenvalue weighted by molar-refractivity contribution is -0.138. The Morgan fingerprint density at radius 2 is 1.04 bits per heavy atom. The number of benzene rings is 3. The van der Waals surface area contributed by atoms with Crippen molar-refractivity contribution in [3.05, 3.63) is 108 Å². The minimum absolute atomic E-state index is 0.372. The number of amides is 1. The first kappa shape index (κ1) is 17.4. The molecular formula is C22H19NO3. The normalized spacial score (nSPS) is 10.9. The van der Waals surface area contributed by atoms with E-state index in [9.17, 15) is 9.59 Å². The molecule has 0 heterocycles. The van der Waals surface area contributed by atoms with Crippen LogP contribution in [0, 0.1) is 0 Å². The molecule has 0 saturated carbocycles. The Kier molecular flexibility index (Phi) is 5.13. The van der Waals surface area contributed by atoms with E-state index in [-0.39, 0.29) is 5.91 Å². The molecule has 4 heteroatoms. The lowest BCUT2D eigenvalue weighted by Gasteiger charge is -2.34. The molecule has 0 unspecified atom stereocenters. The highest BCUT2D eigenvalue weighted by atomic mass is 16.4. The Morgan fingerprint density at radius 1 is 0.692 bits per heavy atom. The second-order valence-corrected chi connectivity index (χ2v) is 5.92. The standard InChI is InChI=1S/C22H19NO3/c24-20(25)16-23-21(26)22(17-10-4-1-5-11-17,18-12-6-2-7-13-18)19-14-8-3-9-15-19/h1-15H,16H2,(H,23,26)(H,24,25). The highest BCUT2D eigenvalue weighted by Crippen LogP contribution is 2.39. The van der Waals surface area contributed by atoms with Crippen LogP contribution in [0.15, 0.2) is 91.0 Å². The number of rotatable bonds is 6. The van der Waals surface area contributed by atoms with Crippen molar-refractivity contribution in [1.82, 2.24) is 5.32 Å². The van der Waals surface area contributed by atoms with Gasteiger partial charge in [0.15, 0.2) is 0 Å². The van der Waals surface area contributed by atoms with Crippen molar-refractivity contribution < 1.29 is 14.7 Å². The number of carboxylic acids is 1. The number of carbonyl (C=O) groups excluding carboxylic acids is 1. The third-order valence-corrected chi connectivity index (χ3v) is 4.36. The number of hydrogen-bond donors (Lipinski definition) is 2. The van der Waals surface area contributed by atoms with Gasteiger partial charge in [0.25, 0.3) is 0 Å². The molecule has 0 aliphatic rings. The van der Waals surface area contributed by atoms with E-state index in [1.54, 1.807) is 0 Å². The lowest BCUT2D eigenvalue weighted by atomic mass is 9.68. The van der Waals surface area contributed by atoms with E-state index in [4.69, 9.17) is 5.11 Å². The number of nitrogens with one attached hydrogen (secondary N) is 1. The summed E-state index contributed by atoms with van der Waals surface area (Å²) in [5.41, 5.74) is 1.19. The Labute approximate surface area is 152 Å². The molecule has 2 N–H and O–H groups in total. The topological polar surface area (TPSA) is 66.4 Å². The molecule has 4 nitrogen and oxygen atoms in total. The van der Waals surface area contributed by atoms with Crippen molar-refractivity contribution in [3.63, 3.8) is 0 Å². The molecule has 26 heavy (non-hydrogen) atoms. The quantitative estimate of drug-likeness (QED) is 0.674. The summed E-state index contributed by atoms with van der Waals surface area (Å²) in [6.45, 7) is -0.437. The monoisotopic (exact) mass is 345 g/mol. The molecule has 0 fully saturated rings. The maximum Gasteiger partial charge on any atom is 0.322 e. The van der Waals surface area contributed by atoms with E-state index in [1.165, 1.54) is 0 Å². The highest BCUT2D eigenvalue weighted by Gasteiger charge is 2.43. The SMILES string of the molecule is O=C(O)CNC(=O)C(c1ccccc1)(c1ccccc1)c1ccccc1. The predicted octanol–water partition coefficient (Wildman–Crippen LogP) is 3.22. The van der Waals surface area contributed by atoms with Gasteiger partial charge in [0.05, 0.1) is 0 Å². The first-order valence-electron chi connectivity index (χ1n) is 8.32. The molecule has 0 radical (unpaired) electrons. The Balaban J connectivity index is 2.28. The molecule has 130 valence electrons. The van der Waals surface area contributed by atoms with E-state index in [0.29, 0.717) is 0 Å². The van der Waals surface area contributed by atoms with Crippen LogP contribution in [-0.4, -0.2) is 23.5 Å². The molecule has 0 aliphatic heterocycles. The summed E-state index contributed by atoms with van der Waals surface area (Å²) in [6.07, 6.45) is 0. The molecular weight excluding hydrogens is 326 g/mol. The van der Waals surface area contributed by atoms with Gasteiger partial charge in [-0.25, -0.2) is 0 Å². The Morgan fingerprint density at radius 3 is 1.35 bits per heavy atom. The summed E-state index contributed by atoms with van der Waals surface area (Å²) in [4.78, 5) is 24.4. The molecule has 0 bridgehead atoms. The Bertz CT molecular complexity index is 780. The van der Waals surface area contributed by atoms with Crippen LogP contribution in [0.25, 0.3) is 0 Å². The third-order valence-electron chi connectivity index (χ3n) is 4.36. The van der Waals surface area contributed by atoms with Crippen LogP contribution in [0.2, 0.25) is 0 Å². The van der Waals surface area contributed by atoms with Crippen molar-refractivity contribution in [3.8, 4) is 0 Å². The molecule has 3 aromatic carbocycles. The summed E-state index contributed by atoms with van der Waals surface area (Å²) in [6, 6.07) is 28.3. The van der Waals surface area contributed by atoms with Gasteiger partial charge in [-0.3, -0.25) is 9.59 Å². The van der Waals surface area contributed by atoms with Crippen LogP contribution in [-0.2, 0) is 15.0 Å². The molecule has 0 aromatic heterocycles. The fourth-order valence-corrected chi connectivity index (χ4v) is 3.25. The highest BCUT2D eigenvalue weighted by molar-refractivity contribution is 5.97. The van der Waals surface area contributed by atoms with Gasteiger partial charge in [0, 0.05) is 0 Å². The van der Waals surface area contributed by atoms with Gasteiger partial charge in [0.1, 0.15) is 12.0 Å². The number of carbonyl (C=O) groups is 2. The van der Waals surface area contributed by atoms with Gasteiger partial charge in [-0.15, -0.1) is 0 Å². The average Bonchev–Trinajstić information content (AvgIpc) is 2.69. The van der Waals surface area contributed by atoms with Crippen molar-refractivity contribution in [2.24, 2.45) is 0 Å². The number of hydrogen-bond acceptors (Lipinski definition) is 2. The van der Waals surface area contributed by atoms with Crippen LogP contribution < -0.4 is 5.32 Å². The van der Waals surface area contributed by atoms with E-state index < -0.39 is 17.9 Å². The second kappa shape index (κ2) is 7.66. The molecule has 3 rings (SSSR count). The average molecular weight is 345 g/mol. The van der Waals surface area contributed by atoms with Crippen molar-refractivity contribution in [2.45, 2.75) is 5.41 Å². The van der Waals surface area contributed by atoms with Crippen LogP contribution in [0.1, 0.15) is 16.7 Å². The fourth-order valence-electron chi connectivity index (χ4n) is 3.25. The number of carboxylic acid groups (broad SMARTS) is 1. The van der Waals surface area contributed by atoms with Crippen LogP contribution >= 0.6 is 0 Å². The smallest absolute Gasteiger partial charge is 0.322 e. The molecule has 0 saturated heterocycles. The fraction of sp³-hybridized carbons (Fsp3) is 0.0909. The summed E-state index contributed by atoms with van der Waals surface area (Å²) in [7, 11) is 0. The van der Waals surface area contributed by atoms with Gasteiger partial charge in [-0.1, -0.05) is 91.0 Å². The van der Waals surface area contributed by atoms with E-state index in [1.807, 2.05) is 91.0 Å². The minimum Gasteiger partial charge on any atom is -0.480 e. The molecule has 0 aliphatic carbocycles. The summed E-state index contributed by atoms with van der Waals surface area (Å²) in [5.74, 6) is -1.45. The van der Waals surface area contributed by atoms with Crippen LogP contribution in [0.4, 0.5) is 0 Å². The lowest BCUT2D eigenvalue weighted by Crippen LogP contribution is -2.47. The minimum atomic E-state index is -1.14. The third kappa shape index (κ3) is 3.22. The van der Waals surface area contributed by atoms with Gasteiger partial charge in [-0.05, 0) is 16.7 Å². The molecule has 0 atom stereocenters. The van der Waals surface area contributed by atoms with Crippen molar-refractivity contribution >= 4 is 11.9 Å². The maximum atomic E-state index is 13.4. The zero-order chi connectivity index (χ0) is 18.4. The first-order chi connectivity index (χ1) is 12.7. The van der Waals surface area contributed by atoms with Gasteiger partial charge >= 0.3 is 5.97 Å². The molecule has 1 amide bonds. The zero-order valence-corrected chi connectivity index (χ0v) is 14.1. The molecule has 0 spiro atoms. The summed E-state index contributed by atoms with van der Waals surface area (Å²) in [5, 5.41) is 11.6. The Hall–Kier alpha value is -3.40. The van der Waals surface area contributed by atoms with E-state index in [0.717, 1.165) is 16.7 Å². The summed E-state index contributed by atoms with van der Waals surface area (Å²) >= 11 is 0. The van der Waals surface area contributed by atoms with Crippen LogP contribution in [0.5, 0.6) is 0 Å². The van der Waals surface area contributed by atoms with Crippen molar-refractivity contribution in [2.75, 3.05) is 6.54 Å².